The van der Waals surface area contributed by atoms with Crippen LogP contribution in [0.1, 0.15) is 11.1 Å². The maximum Gasteiger partial charge on any atom is 0.264 e. The summed E-state index contributed by atoms with van der Waals surface area (Å²) in [4.78, 5) is 12.9. The quantitative estimate of drug-likeness (QED) is 0.554. The van der Waals surface area contributed by atoms with Gasteiger partial charge in [-0.15, -0.1) is 0 Å². The van der Waals surface area contributed by atoms with E-state index in [4.69, 9.17) is 0 Å². The molecule has 0 radical (unpaired) electrons. The zero-order chi connectivity index (χ0) is 21.0. The lowest BCUT2D eigenvalue weighted by molar-refractivity contribution is -0.114. The maximum absolute atomic E-state index is 13.4. The second-order valence-electron chi connectivity index (χ2n) is 6.64. The number of halogens is 1. The van der Waals surface area contributed by atoms with Gasteiger partial charge < -0.3 is 5.32 Å². The van der Waals surface area contributed by atoms with Crippen molar-refractivity contribution >= 4 is 43.2 Å². The fraction of sp³-hybridized carbons (Fsp3) is 0.136. The highest BCUT2D eigenvalue weighted by Gasteiger charge is 2.28. The van der Waals surface area contributed by atoms with Gasteiger partial charge in [-0.25, -0.2) is 8.42 Å². The maximum atomic E-state index is 13.4. The fourth-order valence-corrected chi connectivity index (χ4v) is 4.73. The summed E-state index contributed by atoms with van der Waals surface area (Å²) in [5.41, 5.74) is 2.76. The molecule has 0 unspecified atom stereocenters. The lowest BCUT2D eigenvalue weighted by atomic mass is 10.2. The van der Waals surface area contributed by atoms with Crippen LogP contribution in [0.2, 0.25) is 0 Å². The van der Waals surface area contributed by atoms with Crippen LogP contribution in [0.15, 0.2) is 82.2 Å². The van der Waals surface area contributed by atoms with Crippen LogP contribution in [-0.4, -0.2) is 20.9 Å². The molecule has 0 aliphatic heterocycles. The van der Waals surface area contributed by atoms with Gasteiger partial charge in [0.15, 0.2) is 0 Å². The molecule has 5 nitrogen and oxygen atoms in total. The van der Waals surface area contributed by atoms with Crippen LogP contribution >= 0.6 is 15.9 Å². The number of amides is 1. The summed E-state index contributed by atoms with van der Waals surface area (Å²) < 4.78 is 28.6. The number of nitrogens with zero attached hydrogens (tertiary/aromatic N) is 1. The van der Waals surface area contributed by atoms with E-state index in [-0.39, 0.29) is 11.4 Å². The number of para-hydroxylation sites is 2. The third-order valence-corrected chi connectivity index (χ3v) is 6.89. The SMILES string of the molecule is Cc1ccc(S(=O)(=O)N(CC(=O)Nc2ccccc2Br)c2ccccc2C)cc1. The van der Waals surface area contributed by atoms with Crippen LogP contribution in [0, 0.1) is 13.8 Å². The Morgan fingerprint density at radius 3 is 2.21 bits per heavy atom. The van der Waals surface area contributed by atoms with Crippen molar-refractivity contribution in [2.24, 2.45) is 0 Å². The van der Waals surface area contributed by atoms with E-state index in [1.54, 1.807) is 54.6 Å². The Kier molecular flexibility index (Phi) is 6.39. The van der Waals surface area contributed by atoms with Crippen LogP contribution in [0.5, 0.6) is 0 Å². The normalized spacial score (nSPS) is 11.1. The van der Waals surface area contributed by atoms with E-state index in [0.717, 1.165) is 19.9 Å². The minimum atomic E-state index is -3.93. The molecule has 1 N–H and O–H groups in total. The molecule has 0 spiro atoms. The molecule has 0 saturated heterocycles. The second-order valence-corrected chi connectivity index (χ2v) is 9.36. The Bertz CT molecular complexity index is 1130. The van der Waals surface area contributed by atoms with Crippen molar-refractivity contribution in [3.05, 3.63) is 88.4 Å². The molecular formula is C22H21BrN2O3S. The van der Waals surface area contributed by atoms with Crippen molar-refractivity contribution in [2.45, 2.75) is 18.7 Å². The number of anilines is 2. The standard InChI is InChI=1S/C22H21BrN2O3S/c1-16-11-13-18(14-12-16)29(27,28)25(21-10-6-3-7-17(21)2)15-22(26)24-20-9-5-4-8-19(20)23/h3-14H,15H2,1-2H3,(H,24,26). The largest absolute Gasteiger partial charge is 0.323 e. The van der Waals surface area contributed by atoms with Gasteiger partial charge in [-0.3, -0.25) is 9.10 Å². The molecule has 0 saturated carbocycles. The van der Waals surface area contributed by atoms with Crippen LogP contribution < -0.4 is 9.62 Å². The summed E-state index contributed by atoms with van der Waals surface area (Å²) in [5.74, 6) is -0.434. The van der Waals surface area contributed by atoms with E-state index < -0.39 is 15.9 Å². The van der Waals surface area contributed by atoms with Gasteiger partial charge >= 0.3 is 0 Å². The molecule has 3 aromatic rings. The Hall–Kier alpha value is -2.64. The molecule has 0 heterocycles. The van der Waals surface area contributed by atoms with Crippen molar-refractivity contribution in [2.75, 3.05) is 16.2 Å². The summed E-state index contributed by atoms with van der Waals surface area (Å²) in [6.45, 7) is 3.36. The molecule has 7 heteroatoms. The van der Waals surface area contributed by atoms with E-state index in [9.17, 15) is 13.2 Å². The van der Waals surface area contributed by atoms with Gasteiger partial charge in [0.25, 0.3) is 10.0 Å². The van der Waals surface area contributed by atoms with Gasteiger partial charge in [-0.1, -0.05) is 48.0 Å². The third kappa shape index (κ3) is 4.86. The van der Waals surface area contributed by atoms with Gasteiger partial charge in [0.1, 0.15) is 6.54 Å². The van der Waals surface area contributed by atoms with Crippen LogP contribution in [0.25, 0.3) is 0 Å². The monoisotopic (exact) mass is 472 g/mol. The Morgan fingerprint density at radius 2 is 1.55 bits per heavy atom. The molecule has 0 aliphatic rings. The molecule has 0 atom stereocenters. The third-order valence-electron chi connectivity index (χ3n) is 4.43. The predicted octanol–water partition coefficient (Wildman–Crippen LogP) is 4.90. The first-order chi connectivity index (χ1) is 13.8. The number of aryl methyl sites for hydroxylation is 2. The molecule has 1 amide bonds. The Balaban J connectivity index is 1.98. The van der Waals surface area contributed by atoms with Crippen molar-refractivity contribution < 1.29 is 13.2 Å². The minimum absolute atomic E-state index is 0.139. The number of hydrogen-bond donors (Lipinski definition) is 1. The summed E-state index contributed by atoms with van der Waals surface area (Å²) in [7, 11) is -3.93. The minimum Gasteiger partial charge on any atom is -0.323 e. The lowest BCUT2D eigenvalue weighted by Gasteiger charge is -2.25. The van der Waals surface area contributed by atoms with E-state index in [0.29, 0.717) is 11.4 Å². The van der Waals surface area contributed by atoms with E-state index >= 15 is 0 Å². The Labute approximate surface area is 179 Å². The number of hydrogen-bond acceptors (Lipinski definition) is 3. The average molecular weight is 473 g/mol. The van der Waals surface area contributed by atoms with Crippen molar-refractivity contribution in [1.29, 1.82) is 0 Å². The molecule has 0 aliphatic carbocycles. The Morgan fingerprint density at radius 1 is 0.931 bits per heavy atom. The molecule has 0 fully saturated rings. The number of rotatable bonds is 6. The number of benzene rings is 3. The molecule has 0 bridgehead atoms. The first-order valence-electron chi connectivity index (χ1n) is 8.98. The molecule has 150 valence electrons. The average Bonchev–Trinajstić information content (AvgIpc) is 2.69. The summed E-state index contributed by atoms with van der Waals surface area (Å²) in [6, 6.07) is 20.9. The van der Waals surface area contributed by atoms with Crippen molar-refractivity contribution in [3.8, 4) is 0 Å². The van der Waals surface area contributed by atoms with E-state index in [2.05, 4.69) is 21.2 Å². The molecular weight excluding hydrogens is 452 g/mol. The smallest absolute Gasteiger partial charge is 0.264 e. The van der Waals surface area contributed by atoms with Gasteiger partial charge in [0.05, 0.1) is 16.3 Å². The topological polar surface area (TPSA) is 66.5 Å². The molecule has 0 aromatic heterocycles. The predicted molar refractivity (Wildman–Crippen MR) is 120 cm³/mol. The summed E-state index contributed by atoms with van der Waals surface area (Å²) in [5, 5.41) is 2.77. The van der Waals surface area contributed by atoms with Gasteiger partial charge in [-0.2, -0.15) is 0 Å². The van der Waals surface area contributed by atoms with Crippen LogP contribution in [-0.2, 0) is 14.8 Å². The van der Waals surface area contributed by atoms with Gasteiger partial charge in [-0.05, 0) is 65.7 Å². The molecule has 3 aromatic carbocycles. The first-order valence-corrected chi connectivity index (χ1v) is 11.2. The molecule has 3 rings (SSSR count). The van der Waals surface area contributed by atoms with Crippen molar-refractivity contribution in [1.82, 2.24) is 0 Å². The highest BCUT2D eigenvalue weighted by atomic mass is 79.9. The lowest BCUT2D eigenvalue weighted by Crippen LogP contribution is -2.38. The second kappa shape index (κ2) is 8.80. The number of nitrogens with one attached hydrogen (secondary N) is 1. The first kappa shape index (κ1) is 21.1. The number of carbonyl (C=O) groups is 1. The zero-order valence-electron chi connectivity index (χ0n) is 16.1. The fourth-order valence-electron chi connectivity index (χ4n) is 2.86. The van der Waals surface area contributed by atoms with Crippen molar-refractivity contribution in [3.63, 3.8) is 0 Å². The van der Waals surface area contributed by atoms with Gasteiger partial charge in [0.2, 0.25) is 5.91 Å². The van der Waals surface area contributed by atoms with E-state index in [1.807, 2.05) is 32.0 Å². The van der Waals surface area contributed by atoms with Crippen LogP contribution in [0.4, 0.5) is 11.4 Å². The number of carbonyl (C=O) groups excluding carboxylic acids is 1. The summed E-state index contributed by atoms with van der Waals surface area (Å²) >= 11 is 3.38. The summed E-state index contributed by atoms with van der Waals surface area (Å²) in [6.07, 6.45) is 0. The molecule has 29 heavy (non-hydrogen) atoms. The van der Waals surface area contributed by atoms with E-state index in [1.165, 1.54) is 0 Å². The van der Waals surface area contributed by atoms with Gasteiger partial charge in [0, 0.05) is 4.47 Å². The highest BCUT2D eigenvalue weighted by Crippen LogP contribution is 2.27. The number of sulfonamides is 1. The van der Waals surface area contributed by atoms with Crippen LogP contribution in [0.3, 0.4) is 0 Å². The zero-order valence-corrected chi connectivity index (χ0v) is 18.5. The highest BCUT2D eigenvalue weighted by molar-refractivity contribution is 9.10.